The number of rotatable bonds is 7. The van der Waals surface area contributed by atoms with Crippen molar-refractivity contribution in [3.8, 4) is 22.7 Å². The second-order valence-corrected chi connectivity index (χ2v) is 9.32. The Labute approximate surface area is 193 Å². The summed E-state index contributed by atoms with van der Waals surface area (Å²) in [5.41, 5.74) is 10.1. The molecule has 8 nitrogen and oxygen atoms in total. The lowest BCUT2D eigenvalue weighted by atomic mass is 10.1. The van der Waals surface area contributed by atoms with Gasteiger partial charge in [-0.2, -0.15) is 5.10 Å². The number of nitrogens with zero attached hydrogens (tertiary/aromatic N) is 3. The first-order valence-corrected chi connectivity index (χ1v) is 11.7. The van der Waals surface area contributed by atoms with Crippen molar-refractivity contribution in [1.82, 2.24) is 9.78 Å². The fourth-order valence-corrected chi connectivity index (χ4v) is 4.38. The van der Waals surface area contributed by atoms with E-state index in [0.717, 1.165) is 16.9 Å². The largest absolute Gasteiger partial charge is 0.497 e. The van der Waals surface area contributed by atoms with E-state index in [1.165, 1.54) is 19.2 Å². The summed E-state index contributed by atoms with van der Waals surface area (Å²) >= 11 is 0. The monoisotopic (exact) mass is 463 g/mol. The Morgan fingerprint density at radius 2 is 1.67 bits per heavy atom. The smallest absolute Gasteiger partial charge is 0.261 e. The van der Waals surface area contributed by atoms with Gasteiger partial charge in [0.25, 0.3) is 10.0 Å². The van der Waals surface area contributed by atoms with Crippen molar-refractivity contribution in [1.29, 1.82) is 0 Å². The maximum atomic E-state index is 12.6. The molecule has 1 heterocycles. The molecule has 0 radical (unpaired) electrons. The first-order chi connectivity index (χ1) is 15.8. The number of aromatic nitrogens is 2. The molecule has 170 valence electrons. The van der Waals surface area contributed by atoms with Crippen LogP contribution in [0.2, 0.25) is 0 Å². The minimum atomic E-state index is -3.71. The Balaban J connectivity index is 1.55. The average molecular weight is 464 g/mol. The lowest BCUT2D eigenvalue weighted by Crippen LogP contribution is -2.12. The van der Waals surface area contributed by atoms with Gasteiger partial charge in [-0.3, -0.25) is 4.72 Å². The number of methoxy groups -OCH3 is 1. The van der Waals surface area contributed by atoms with Crippen LogP contribution < -0.4 is 20.1 Å². The summed E-state index contributed by atoms with van der Waals surface area (Å²) in [4.78, 5) is 2.16. The molecule has 3 N–H and O–H groups in total. The molecule has 33 heavy (non-hydrogen) atoms. The van der Waals surface area contributed by atoms with Gasteiger partial charge >= 0.3 is 0 Å². The van der Waals surface area contributed by atoms with E-state index < -0.39 is 10.0 Å². The average Bonchev–Trinajstić information content (AvgIpc) is 3.21. The molecule has 0 saturated heterocycles. The number of anilines is 3. The molecule has 0 fully saturated rings. The first kappa shape index (κ1) is 22.2. The van der Waals surface area contributed by atoms with Gasteiger partial charge in [0, 0.05) is 37.1 Å². The van der Waals surface area contributed by atoms with Crippen molar-refractivity contribution in [2.24, 2.45) is 0 Å². The molecule has 4 rings (SSSR count). The highest BCUT2D eigenvalue weighted by atomic mass is 32.2. The normalized spacial score (nSPS) is 11.2. The number of hydrogen-bond donors (Lipinski definition) is 2. The molecule has 0 amide bonds. The summed E-state index contributed by atoms with van der Waals surface area (Å²) < 4.78 is 34.6. The van der Waals surface area contributed by atoms with Gasteiger partial charge < -0.3 is 15.4 Å². The second kappa shape index (κ2) is 8.87. The van der Waals surface area contributed by atoms with E-state index in [9.17, 15) is 8.42 Å². The van der Waals surface area contributed by atoms with Gasteiger partial charge in [0.1, 0.15) is 11.6 Å². The Hall–Kier alpha value is -3.98. The van der Waals surface area contributed by atoms with E-state index in [0.29, 0.717) is 22.9 Å². The van der Waals surface area contributed by atoms with E-state index in [1.54, 1.807) is 47.1 Å². The summed E-state index contributed by atoms with van der Waals surface area (Å²) in [7, 11) is 1.76. The zero-order valence-electron chi connectivity index (χ0n) is 18.6. The molecule has 0 aliphatic rings. The lowest BCUT2D eigenvalue weighted by molar-refractivity contribution is 0.414. The van der Waals surface area contributed by atoms with Crippen LogP contribution in [0.3, 0.4) is 0 Å². The van der Waals surface area contributed by atoms with Crippen molar-refractivity contribution in [2.75, 3.05) is 36.6 Å². The van der Waals surface area contributed by atoms with Gasteiger partial charge in [-0.15, -0.1) is 0 Å². The third-order valence-electron chi connectivity index (χ3n) is 5.13. The molecular formula is C24H25N5O3S. The quantitative estimate of drug-likeness (QED) is 0.430. The lowest BCUT2D eigenvalue weighted by Gasteiger charge is -2.14. The predicted octanol–water partition coefficient (Wildman–Crippen LogP) is 4.00. The molecule has 0 aliphatic heterocycles. The summed E-state index contributed by atoms with van der Waals surface area (Å²) in [5, 5.41) is 4.64. The SMILES string of the molecule is COc1ccc(S(=O)(=O)Nc2ccc(-c3cc(N)n(-c4cccc(N(C)C)c4)n3)cc2)cc1. The van der Waals surface area contributed by atoms with Crippen LogP contribution in [0.1, 0.15) is 0 Å². The minimum Gasteiger partial charge on any atom is -0.497 e. The van der Waals surface area contributed by atoms with Crippen molar-refractivity contribution in [3.63, 3.8) is 0 Å². The standard InChI is InChI=1S/C24H25N5O3S/c1-28(2)19-5-4-6-20(15-19)29-24(25)16-23(26-29)17-7-9-18(10-8-17)27-33(30,31)22-13-11-21(32-3)12-14-22/h4-16,27H,25H2,1-3H3. The zero-order valence-corrected chi connectivity index (χ0v) is 19.4. The van der Waals surface area contributed by atoms with Crippen LogP contribution in [0.15, 0.2) is 83.8 Å². The third-order valence-corrected chi connectivity index (χ3v) is 6.53. The van der Waals surface area contributed by atoms with Crippen LogP contribution >= 0.6 is 0 Å². The van der Waals surface area contributed by atoms with Crippen molar-refractivity contribution >= 4 is 27.2 Å². The Morgan fingerprint density at radius 3 is 2.30 bits per heavy atom. The summed E-state index contributed by atoms with van der Waals surface area (Å²) in [6, 6.07) is 22.9. The number of sulfonamides is 1. The number of nitrogens with two attached hydrogens (primary N) is 1. The summed E-state index contributed by atoms with van der Waals surface area (Å²) in [6.45, 7) is 0. The van der Waals surface area contributed by atoms with Crippen LogP contribution in [0.25, 0.3) is 16.9 Å². The van der Waals surface area contributed by atoms with E-state index in [4.69, 9.17) is 10.5 Å². The second-order valence-electron chi connectivity index (χ2n) is 7.64. The summed E-state index contributed by atoms with van der Waals surface area (Å²) in [5.74, 6) is 1.09. The number of nitrogen functional groups attached to an aromatic ring is 1. The third kappa shape index (κ3) is 4.78. The zero-order chi connectivity index (χ0) is 23.6. The van der Waals surface area contributed by atoms with E-state index in [-0.39, 0.29) is 4.90 Å². The van der Waals surface area contributed by atoms with Crippen LogP contribution in [-0.2, 0) is 10.0 Å². The van der Waals surface area contributed by atoms with Gasteiger partial charge in [-0.1, -0.05) is 18.2 Å². The molecule has 0 atom stereocenters. The summed E-state index contributed by atoms with van der Waals surface area (Å²) in [6.07, 6.45) is 0. The molecule has 0 unspecified atom stereocenters. The highest BCUT2D eigenvalue weighted by Gasteiger charge is 2.15. The van der Waals surface area contributed by atoms with Crippen LogP contribution in [0.5, 0.6) is 5.75 Å². The van der Waals surface area contributed by atoms with E-state index in [1.807, 2.05) is 43.3 Å². The van der Waals surface area contributed by atoms with Crippen LogP contribution in [-0.4, -0.2) is 39.4 Å². The van der Waals surface area contributed by atoms with Gasteiger partial charge in [0.15, 0.2) is 0 Å². The van der Waals surface area contributed by atoms with Crippen molar-refractivity contribution < 1.29 is 13.2 Å². The molecule has 0 aliphatic carbocycles. The topological polar surface area (TPSA) is 102 Å². The van der Waals surface area contributed by atoms with Crippen molar-refractivity contribution in [2.45, 2.75) is 4.90 Å². The van der Waals surface area contributed by atoms with Gasteiger partial charge in [0.2, 0.25) is 0 Å². The minimum absolute atomic E-state index is 0.152. The molecule has 0 bridgehead atoms. The maximum absolute atomic E-state index is 12.6. The number of hydrogen-bond acceptors (Lipinski definition) is 6. The maximum Gasteiger partial charge on any atom is 0.261 e. The first-order valence-electron chi connectivity index (χ1n) is 10.2. The van der Waals surface area contributed by atoms with E-state index in [2.05, 4.69) is 9.82 Å². The number of ether oxygens (including phenoxy) is 1. The number of nitrogens with one attached hydrogen (secondary N) is 1. The van der Waals surface area contributed by atoms with Crippen molar-refractivity contribution in [3.05, 3.63) is 78.9 Å². The fourth-order valence-electron chi connectivity index (χ4n) is 3.32. The Kier molecular flexibility index (Phi) is 5.97. The van der Waals surface area contributed by atoms with Gasteiger partial charge in [-0.05, 0) is 54.6 Å². The van der Waals surface area contributed by atoms with Gasteiger partial charge in [-0.25, -0.2) is 13.1 Å². The molecular weight excluding hydrogens is 438 g/mol. The Bertz CT molecular complexity index is 1360. The van der Waals surface area contributed by atoms with Crippen LogP contribution in [0, 0.1) is 0 Å². The fraction of sp³-hybridized carbons (Fsp3) is 0.125. The highest BCUT2D eigenvalue weighted by Crippen LogP contribution is 2.27. The highest BCUT2D eigenvalue weighted by molar-refractivity contribution is 7.92. The molecule has 1 aromatic heterocycles. The predicted molar refractivity (Wildman–Crippen MR) is 132 cm³/mol. The van der Waals surface area contributed by atoms with E-state index >= 15 is 0 Å². The molecule has 4 aromatic rings. The molecule has 0 spiro atoms. The molecule has 9 heteroatoms. The molecule has 0 saturated carbocycles. The number of benzene rings is 3. The molecule has 3 aromatic carbocycles. The Morgan fingerprint density at radius 1 is 0.970 bits per heavy atom. The van der Waals surface area contributed by atoms with Crippen LogP contribution in [0.4, 0.5) is 17.2 Å². The van der Waals surface area contributed by atoms with Gasteiger partial charge in [0.05, 0.1) is 23.4 Å².